The molecule has 0 aliphatic rings. The molecule has 6 heteroatoms. The van der Waals surface area contributed by atoms with Gasteiger partial charge in [0, 0.05) is 23.6 Å². The van der Waals surface area contributed by atoms with Gasteiger partial charge in [-0.1, -0.05) is 0 Å². The second-order valence-electron chi connectivity index (χ2n) is 0.719. The molecule has 0 saturated heterocycles. The molecule has 0 fully saturated rings. The Balaban J connectivity index is 3.84. The fourth-order valence-corrected chi connectivity index (χ4v) is 0.152. The number of amides is 2. The average molecular weight is 155 g/mol. The normalized spacial score (nSPS) is 7.25. The highest BCUT2D eigenvalue weighted by molar-refractivity contribution is 6.41. The van der Waals surface area contributed by atoms with Crippen molar-refractivity contribution in [1.82, 2.24) is 3.94 Å². The molecule has 0 N–H and O–H groups in total. The van der Waals surface area contributed by atoms with Crippen LogP contribution in [-0.4, -0.2) is 16.0 Å². The van der Waals surface area contributed by atoms with Gasteiger partial charge in [-0.2, -0.15) is 0 Å². The minimum atomic E-state index is -1.05. The zero-order chi connectivity index (χ0) is 6.57. The van der Waals surface area contributed by atoms with Crippen molar-refractivity contribution in [3.8, 4) is 0 Å². The molecule has 0 heterocycles. The van der Waals surface area contributed by atoms with Crippen LogP contribution in [0.1, 0.15) is 0 Å². The number of hydrogen-bond donors (Lipinski definition) is 0. The minimum Gasteiger partial charge on any atom is -0.242 e. The number of urea groups is 1. The van der Waals surface area contributed by atoms with Gasteiger partial charge in [0.15, 0.2) is 0 Å². The van der Waals surface area contributed by atoms with Crippen LogP contribution in [0.3, 0.4) is 0 Å². The molecule has 0 aromatic carbocycles. The number of nitrogens with zero attached hydrogens (tertiary/aromatic N) is 2. The van der Waals surface area contributed by atoms with E-state index in [1.807, 2.05) is 0 Å². The Hall–Kier alpha value is -0.570. The fraction of sp³-hybridized carbons (Fsp3) is 0. The number of isocyanates is 1. The lowest BCUT2D eigenvalue weighted by Crippen LogP contribution is -2.03. The van der Waals surface area contributed by atoms with E-state index in [1.54, 1.807) is 0 Å². The highest BCUT2D eigenvalue weighted by Crippen LogP contribution is 1.99. The first kappa shape index (κ1) is 7.43. The quantitative estimate of drug-likeness (QED) is 0.298. The zero-order valence-corrected chi connectivity index (χ0v) is 4.98. The first-order valence-corrected chi connectivity index (χ1v) is 2.09. The van der Waals surface area contributed by atoms with Gasteiger partial charge in [-0.15, -0.1) is 8.93 Å². The van der Waals surface area contributed by atoms with Gasteiger partial charge in [0.2, 0.25) is 6.08 Å². The van der Waals surface area contributed by atoms with Crippen LogP contribution in [0.4, 0.5) is 4.79 Å². The molecule has 0 atom stereocenters. The van der Waals surface area contributed by atoms with Gasteiger partial charge in [-0.25, -0.2) is 9.59 Å². The first-order chi connectivity index (χ1) is 3.68. The number of aliphatic imine (C=N–C) groups is 1. The van der Waals surface area contributed by atoms with Gasteiger partial charge in [0.1, 0.15) is 0 Å². The smallest absolute Gasteiger partial charge is 0.242 e. The Kier molecular flexibility index (Phi) is 3.19. The molecule has 0 aliphatic carbocycles. The molecule has 44 valence electrons. The zero-order valence-electron chi connectivity index (χ0n) is 3.47. The molecule has 8 heavy (non-hydrogen) atoms. The summed E-state index contributed by atoms with van der Waals surface area (Å²) in [7, 11) is 0. The molecule has 0 rings (SSSR count). The summed E-state index contributed by atoms with van der Waals surface area (Å²) in [6, 6.07) is -1.05. The maximum absolute atomic E-state index is 9.98. The summed E-state index contributed by atoms with van der Waals surface area (Å²) >= 11 is 9.57. The Morgan fingerprint density at radius 2 is 2.12 bits per heavy atom. The van der Waals surface area contributed by atoms with E-state index in [4.69, 9.17) is 23.6 Å². The van der Waals surface area contributed by atoms with E-state index in [9.17, 15) is 9.59 Å². The summed E-state index contributed by atoms with van der Waals surface area (Å²) in [5.74, 6) is 0. The van der Waals surface area contributed by atoms with Crippen LogP contribution in [0.25, 0.3) is 0 Å². The van der Waals surface area contributed by atoms with Gasteiger partial charge >= 0.3 is 6.03 Å². The van der Waals surface area contributed by atoms with E-state index < -0.39 is 6.03 Å². The summed E-state index contributed by atoms with van der Waals surface area (Å²) < 4.78 is 0.130. The van der Waals surface area contributed by atoms with Gasteiger partial charge in [0.05, 0.1) is 0 Å². The lowest BCUT2D eigenvalue weighted by Gasteiger charge is -1.91. The van der Waals surface area contributed by atoms with Crippen molar-refractivity contribution in [3.63, 3.8) is 0 Å². The van der Waals surface area contributed by atoms with E-state index >= 15 is 0 Å². The number of carbonyl (C=O) groups excluding carboxylic acids is 2. The van der Waals surface area contributed by atoms with Crippen LogP contribution < -0.4 is 0 Å². The molecule has 4 nitrogen and oxygen atoms in total. The summed E-state index contributed by atoms with van der Waals surface area (Å²) in [5, 5.41) is 0. The van der Waals surface area contributed by atoms with Gasteiger partial charge in [0.25, 0.3) is 0 Å². The predicted octanol–water partition coefficient (Wildman–Crippen LogP) is 1.05. The third-order valence-electron chi connectivity index (χ3n) is 0.286. The van der Waals surface area contributed by atoms with Crippen molar-refractivity contribution >= 4 is 35.7 Å². The van der Waals surface area contributed by atoms with Crippen molar-refractivity contribution in [3.05, 3.63) is 0 Å². The van der Waals surface area contributed by atoms with Crippen molar-refractivity contribution < 1.29 is 9.59 Å². The Labute approximate surface area is 54.9 Å². The summed E-state index contributed by atoms with van der Waals surface area (Å²) in [6.45, 7) is 0. The van der Waals surface area contributed by atoms with Crippen LogP contribution >= 0.6 is 23.6 Å². The number of carbonyl (C=O) groups is 1. The summed E-state index contributed by atoms with van der Waals surface area (Å²) in [4.78, 5) is 21.8. The van der Waals surface area contributed by atoms with Gasteiger partial charge < -0.3 is 0 Å². The van der Waals surface area contributed by atoms with Crippen molar-refractivity contribution in [1.29, 1.82) is 0 Å². The van der Waals surface area contributed by atoms with E-state index in [1.165, 1.54) is 0 Å². The van der Waals surface area contributed by atoms with E-state index in [-0.39, 0.29) is 3.94 Å². The van der Waals surface area contributed by atoms with Crippen molar-refractivity contribution in [2.24, 2.45) is 4.99 Å². The van der Waals surface area contributed by atoms with Crippen LogP contribution in [0.5, 0.6) is 0 Å². The van der Waals surface area contributed by atoms with E-state index in [0.717, 1.165) is 6.08 Å². The maximum Gasteiger partial charge on any atom is 0.384 e. The second kappa shape index (κ2) is 3.43. The largest absolute Gasteiger partial charge is 0.384 e. The molecule has 0 saturated carbocycles. The number of rotatable bonds is 0. The molecule has 0 radical (unpaired) electrons. The minimum absolute atomic E-state index is 0.130. The van der Waals surface area contributed by atoms with E-state index in [2.05, 4.69) is 4.99 Å². The molecule has 0 bridgehead atoms. The van der Waals surface area contributed by atoms with Crippen LogP contribution in [0.15, 0.2) is 4.99 Å². The molecule has 0 aliphatic heterocycles. The number of halogens is 2. The van der Waals surface area contributed by atoms with Crippen LogP contribution in [-0.2, 0) is 4.79 Å². The fourth-order valence-electron chi connectivity index (χ4n) is 0.0768. The van der Waals surface area contributed by atoms with Crippen molar-refractivity contribution in [2.45, 2.75) is 0 Å². The highest BCUT2D eigenvalue weighted by atomic mass is 35.5. The SMILES string of the molecule is O=C=NC(=O)N(Cl)Cl. The third-order valence-corrected chi connectivity index (χ3v) is 0.575. The summed E-state index contributed by atoms with van der Waals surface area (Å²) in [6.07, 6.45) is 0.964. The monoisotopic (exact) mass is 154 g/mol. The molecular weight excluding hydrogens is 155 g/mol. The second-order valence-corrected chi connectivity index (χ2v) is 1.57. The molecule has 0 aromatic rings. The maximum atomic E-state index is 9.98. The Morgan fingerprint density at radius 1 is 1.62 bits per heavy atom. The first-order valence-electron chi connectivity index (χ1n) is 1.42. The van der Waals surface area contributed by atoms with Crippen LogP contribution in [0.2, 0.25) is 0 Å². The molecule has 0 unspecified atom stereocenters. The molecular formula is C2Cl2N2O2. The number of hydrogen-bond acceptors (Lipinski definition) is 2. The predicted molar refractivity (Wildman–Crippen MR) is 27.1 cm³/mol. The standard InChI is InChI=1S/C2Cl2N2O2/c3-6(4)2(8)5-1-7. The van der Waals surface area contributed by atoms with E-state index in [0.29, 0.717) is 0 Å². The molecule has 2 amide bonds. The topological polar surface area (TPSA) is 49.7 Å². The summed E-state index contributed by atoms with van der Waals surface area (Å²) in [5.41, 5.74) is 0. The van der Waals surface area contributed by atoms with Gasteiger partial charge in [-0.05, 0) is 0 Å². The average Bonchev–Trinajstić information content (AvgIpc) is 1.67. The highest BCUT2D eigenvalue weighted by Gasteiger charge is 2.03. The van der Waals surface area contributed by atoms with Crippen LogP contribution in [0, 0.1) is 0 Å². The third kappa shape index (κ3) is 2.58. The molecule has 0 aromatic heterocycles. The lowest BCUT2D eigenvalue weighted by atomic mass is 11.1. The Morgan fingerprint density at radius 3 is 2.25 bits per heavy atom. The Bertz CT molecular complexity index is 139. The van der Waals surface area contributed by atoms with Crippen molar-refractivity contribution in [2.75, 3.05) is 0 Å². The van der Waals surface area contributed by atoms with Gasteiger partial charge in [-0.3, -0.25) is 0 Å². The lowest BCUT2D eigenvalue weighted by molar-refractivity contribution is 0.245. The molecule has 0 spiro atoms.